The van der Waals surface area contributed by atoms with Crippen LogP contribution in [0.15, 0.2) is 39.9 Å². The number of hydrogen-bond acceptors (Lipinski definition) is 7. The number of nitrogens with one attached hydrogen (secondary N) is 2. The van der Waals surface area contributed by atoms with Crippen LogP contribution in [-0.2, 0) is 0 Å². The van der Waals surface area contributed by atoms with Crippen LogP contribution < -0.4 is 45.5 Å². The van der Waals surface area contributed by atoms with Crippen LogP contribution in [0.1, 0.15) is 11.1 Å². The predicted molar refractivity (Wildman–Crippen MR) is 120 cm³/mol. The molecule has 0 amide bonds. The minimum Gasteiger partial charge on any atom is -0.497 e. The largest absolute Gasteiger partial charge is 0.497 e. The number of aromatic nitrogens is 2. The van der Waals surface area contributed by atoms with Gasteiger partial charge in [0.2, 0.25) is 0 Å². The van der Waals surface area contributed by atoms with Gasteiger partial charge in [-0.3, -0.25) is 9.59 Å². The molecule has 1 aromatic heterocycles. The van der Waals surface area contributed by atoms with Crippen LogP contribution in [0, 0.1) is 0 Å². The average Bonchev–Trinajstić information content (AvgIpc) is 2.81. The molecule has 0 aliphatic rings. The van der Waals surface area contributed by atoms with E-state index in [0.717, 1.165) is 0 Å². The zero-order valence-electron chi connectivity index (χ0n) is 18.4. The second kappa shape index (κ2) is 9.78. The molecule has 2 aromatic carbocycles. The molecule has 0 saturated heterocycles. The van der Waals surface area contributed by atoms with Crippen LogP contribution in [0.25, 0.3) is 12.2 Å². The average molecular weight is 440 g/mol. The van der Waals surface area contributed by atoms with Crippen molar-refractivity contribution in [1.29, 1.82) is 0 Å². The number of aromatic amines is 2. The Balaban J connectivity index is 2.18. The van der Waals surface area contributed by atoms with Crippen molar-refractivity contribution < 1.29 is 23.7 Å². The molecule has 0 radical (unpaired) electrons. The van der Waals surface area contributed by atoms with E-state index in [-0.39, 0.29) is 10.7 Å². The van der Waals surface area contributed by atoms with Crippen molar-refractivity contribution in [3.8, 4) is 28.7 Å². The van der Waals surface area contributed by atoms with Gasteiger partial charge in [-0.25, -0.2) is 0 Å². The highest BCUT2D eigenvalue weighted by molar-refractivity contribution is 5.66. The molecule has 2 N–H and O–H groups in total. The topological polar surface area (TPSA) is 112 Å². The number of benzene rings is 2. The van der Waals surface area contributed by atoms with Crippen molar-refractivity contribution in [2.75, 3.05) is 35.5 Å². The van der Waals surface area contributed by atoms with Gasteiger partial charge in [0.25, 0.3) is 11.1 Å². The van der Waals surface area contributed by atoms with Gasteiger partial charge in [0.1, 0.15) is 39.4 Å². The standard InChI is InChI=1S/C23H24N2O7/c1-28-14-6-13(7-15(9-14)29-2)8-18-22(26)25-19(23(27)24-18)12-17-20(31-4)10-16(30-3)11-21(17)32-5/h6-12H,1-5H3,(H,24,27)(H,25,26)/b18-8-,19-12-. The highest BCUT2D eigenvalue weighted by atomic mass is 16.5. The molecule has 9 heteroatoms. The predicted octanol–water partition coefficient (Wildman–Crippen LogP) is 0.764. The van der Waals surface area contributed by atoms with Crippen molar-refractivity contribution in [1.82, 2.24) is 9.97 Å². The maximum absolute atomic E-state index is 12.7. The third-order valence-electron chi connectivity index (χ3n) is 4.71. The Hall–Kier alpha value is -4.14. The Morgan fingerprint density at radius 1 is 0.594 bits per heavy atom. The smallest absolute Gasteiger partial charge is 0.272 e. The lowest BCUT2D eigenvalue weighted by atomic mass is 10.1. The van der Waals surface area contributed by atoms with Gasteiger partial charge >= 0.3 is 0 Å². The summed E-state index contributed by atoms with van der Waals surface area (Å²) < 4.78 is 26.5. The lowest BCUT2D eigenvalue weighted by Crippen LogP contribution is -2.46. The van der Waals surface area contributed by atoms with E-state index in [1.54, 1.807) is 30.3 Å². The van der Waals surface area contributed by atoms with E-state index < -0.39 is 11.1 Å². The first-order chi connectivity index (χ1) is 15.4. The summed E-state index contributed by atoms with van der Waals surface area (Å²) in [6.07, 6.45) is 3.01. The van der Waals surface area contributed by atoms with E-state index in [4.69, 9.17) is 23.7 Å². The van der Waals surface area contributed by atoms with E-state index in [1.807, 2.05) is 0 Å². The molecule has 3 aromatic rings. The fourth-order valence-corrected chi connectivity index (χ4v) is 3.09. The van der Waals surface area contributed by atoms with Crippen LogP contribution in [0.5, 0.6) is 28.7 Å². The quantitative estimate of drug-likeness (QED) is 0.558. The van der Waals surface area contributed by atoms with Gasteiger partial charge in [0.05, 0.1) is 41.1 Å². The van der Waals surface area contributed by atoms with E-state index >= 15 is 0 Å². The van der Waals surface area contributed by atoms with Crippen LogP contribution in [0.2, 0.25) is 0 Å². The molecule has 0 aliphatic carbocycles. The summed E-state index contributed by atoms with van der Waals surface area (Å²) in [6, 6.07) is 8.44. The molecule has 0 bridgehead atoms. The Labute approximate surface area is 183 Å². The molecule has 3 rings (SSSR count). The maximum atomic E-state index is 12.7. The molecule has 0 spiro atoms. The number of H-pyrrole nitrogens is 2. The van der Waals surface area contributed by atoms with Crippen LogP contribution in [0.4, 0.5) is 0 Å². The molecule has 0 fully saturated rings. The first-order valence-corrected chi connectivity index (χ1v) is 9.51. The summed E-state index contributed by atoms with van der Waals surface area (Å²) in [6.45, 7) is 0. The molecular formula is C23H24N2O7. The van der Waals surface area contributed by atoms with Crippen LogP contribution in [0.3, 0.4) is 0 Å². The Morgan fingerprint density at radius 3 is 1.47 bits per heavy atom. The molecule has 0 unspecified atom stereocenters. The summed E-state index contributed by atoms with van der Waals surface area (Å²) in [5.74, 6) is 2.47. The fourth-order valence-electron chi connectivity index (χ4n) is 3.09. The molecule has 9 nitrogen and oxygen atoms in total. The van der Waals surface area contributed by atoms with Crippen LogP contribution in [-0.4, -0.2) is 45.5 Å². The van der Waals surface area contributed by atoms with Crippen molar-refractivity contribution in [2.24, 2.45) is 0 Å². The van der Waals surface area contributed by atoms with Gasteiger partial charge in [-0.1, -0.05) is 0 Å². The molecule has 1 heterocycles. The van der Waals surface area contributed by atoms with Crippen molar-refractivity contribution in [3.63, 3.8) is 0 Å². The third kappa shape index (κ3) is 4.77. The van der Waals surface area contributed by atoms with E-state index in [9.17, 15) is 9.59 Å². The Bertz CT molecular complexity index is 1310. The summed E-state index contributed by atoms with van der Waals surface area (Å²) in [7, 11) is 7.55. The Morgan fingerprint density at radius 2 is 1.03 bits per heavy atom. The molecule has 168 valence electrons. The van der Waals surface area contributed by atoms with Crippen molar-refractivity contribution in [2.45, 2.75) is 0 Å². The van der Waals surface area contributed by atoms with E-state index in [2.05, 4.69) is 9.97 Å². The second-order valence-electron chi connectivity index (χ2n) is 6.62. The molecule has 0 atom stereocenters. The number of rotatable bonds is 7. The highest BCUT2D eigenvalue weighted by Crippen LogP contribution is 2.34. The molecule has 32 heavy (non-hydrogen) atoms. The number of methoxy groups -OCH3 is 5. The van der Waals surface area contributed by atoms with Crippen molar-refractivity contribution >= 4 is 12.2 Å². The van der Waals surface area contributed by atoms with Gasteiger partial charge in [-0.05, 0) is 29.8 Å². The summed E-state index contributed by atoms with van der Waals surface area (Å²) in [5, 5.41) is 0.119. The van der Waals surface area contributed by atoms with Crippen LogP contribution >= 0.6 is 0 Å². The lowest BCUT2D eigenvalue weighted by Gasteiger charge is -2.12. The fraction of sp³-hybridized carbons (Fsp3) is 0.217. The second-order valence-corrected chi connectivity index (χ2v) is 6.62. The summed E-state index contributed by atoms with van der Waals surface area (Å²) in [4.78, 5) is 30.6. The lowest BCUT2D eigenvalue weighted by molar-refractivity contribution is 0.374. The number of ether oxygens (including phenoxy) is 5. The monoisotopic (exact) mass is 440 g/mol. The van der Waals surface area contributed by atoms with Gasteiger partial charge in [-0.15, -0.1) is 0 Å². The summed E-state index contributed by atoms with van der Waals surface area (Å²) >= 11 is 0. The maximum Gasteiger partial charge on any atom is 0.272 e. The minimum atomic E-state index is -0.495. The van der Waals surface area contributed by atoms with Gasteiger partial charge in [0, 0.05) is 18.2 Å². The van der Waals surface area contributed by atoms with Gasteiger partial charge < -0.3 is 33.7 Å². The van der Waals surface area contributed by atoms with Gasteiger partial charge in [0.15, 0.2) is 0 Å². The zero-order chi connectivity index (χ0) is 23.3. The minimum absolute atomic E-state index is 0.0390. The first kappa shape index (κ1) is 22.5. The Kier molecular flexibility index (Phi) is 6.89. The van der Waals surface area contributed by atoms with Crippen molar-refractivity contribution in [3.05, 3.63) is 72.9 Å². The van der Waals surface area contributed by atoms with Gasteiger partial charge in [-0.2, -0.15) is 0 Å². The molecule has 0 aliphatic heterocycles. The normalized spacial score (nSPS) is 11.9. The zero-order valence-corrected chi connectivity index (χ0v) is 18.4. The summed E-state index contributed by atoms with van der Waals surface area (Å²) in [5.41, 5.74) is 0.124. The third-order valence-corrected chi connectivity index (χ3v) is 4.71. The highest BCUT2D eigenvalue weighted by Gasteiger charge is 2.12. The van der Waals surface area contributed by atoms with E-state index in [0.29, 0.717) is 39.9 Å². The number of hydrogen-bond donors (Lipinski definition) is 2. The first-order valence-electron chi connectivity index (χ1n) is 9.51. The molecular weight excluding hydrogens is 416 g/mol. The SMILES string of the molecule is COc1cc(/C=c2\[nH]c(=O)/c(=C/c3c(OC)cc(OC)cc3OC)[nH]c2=O)cc(OC)c1. The van der Waals surface area contributed by atoms with E-state index in [1.165, 1.54) is 47.7 Å². The molecule has 0 saturated carbocycles.